The molecule has 5 atom stereocenters. The number of rotatable bonds is 12. The van der Waals surface area contributed by atoms with Crippen LogP contribution in [0.15, 0.2) is 21.9 Å². The molecule has 8 nitrogen and oxygen atoms in total. The number of nitrogens with zero attached hydrogens (tertiary/aromatic N) is 3. The highest BCUT2D eigenvalue weighted by molar-refractivity contribution is 5.88. The summed E-state index contributed by atoms with van der Waals surface area (Å²) in [5, 5.41) is 18.6. The maximum absolute atomic E-state index is 11.9. The molecule has 0 unspecified atom stereocenters. The third-order valence-electron chi connectivity index (χ3n) is 7.25. The van der Waals surface area contributed by atoms with Crippen molar-refractivity contribution in [3.05, 3.63) is 11.8 Å². The Bertz CT molecular complexity index is 757. The molecule has 2 fully saturated rings. The van der Waals surface area contributed by atoms with Crippen molar-refractivity contribution in [1.82, 2.24) is 10.3 Å². The number of allylic oxidation sites excluding steroid dienone is 1. The number of hydrogen-bond donors (Lipinski definition) is 2. The minimum absolute atomic E-state index is 0.0179. The van der Waals surface area contributed by atoms with Gasteiger partial charge in [-0.05, 0) is 57.3 Å². The first-order valence-corrected chi connectivity index (χ1v) is 13.8. The maximum atomic E-state index is 11.9. The van der Waals surface area contributed by atoms with Crippen LogP contribution in [-0.2, 0) is 14.3 Å². The van der Waals surface area contributed by atoms with E-state index >= 15 is 0 Å². The summed E-state index contributed by atoms with van der Waals surface area (Å²) in [7, 11) is 3.55. The van der Waals surface area contributed by atoms with E-state index in [4.69, 9.17) is 9.47 Å². The lowest BCUT2D eigenvalue weighted by Gasteiger charge is -2.36. The number of aliphatic hydroxyl groups excluding tert-OH is 1. The van der Waals surface area contributed by atoms with Crippen molar-refractivity contribution >= 4 is 18.3 Å². The van der Waals surface area contributed by atoms with Crippen LogP contribution in [0.25, 0.3) is 0 Å². The first-order valence-electron chi connectivity index (χ1n) is 13.8. The molecule has 2 rings (SSSR count). The van der Waals surface area contributed by atoms with E-state index in [1.54, 1.807) is 7.11 Å². The molecule has 0 spiro atoms. The van der Waals surface area contributed by atoms with Gasteiger partial charge in [0.1, 0.15) is 0 Å². The molecule has 2 aliphatic rings. The fraction of sp³-hybridized carbons (Fsp3) is 0.828. The van der Waals surface area contributed by atoms with E-state index < -0.39 is 6.10 Å². The summed E-state index contributed by atoms with van der Waals surface area (Å²) in [6.45, 7) is 19.6. The van der Waals surface area contributed by atoms with Crippen LogP contribution in [0.2, 0.25) is 0 Å². The van der Waals surface area contributed by atoms with Crippen LogP contribution in [-0.4, -0.2) is 80.1 Å². The van der Waals surface area contributed by atoms with Crippen molar-refractivity contribution in [2.45, 2.75) is 111 Å². The van der Waals surface area contributed by atoms with E-state index in [1.165, 1.54) is 18.4 Å². The molecular formula is C29H54N4O4. The summed E-state index contributed by atoms with van der Waals surface area (Å²) < 4.78 is 10.9. The quantitative estimate of drug-likeness (QED) is 0.283. The lowest BCUT2D eigenvalue weighted by molar-refractivity contribution is -0.127. The average Bonchev–Trinajstić information content (AvgIpc) is 3.71. The maximum Gasteiger partial charge on any atom is 0.223 e. The van der Waals surface area contributed by atoms with Crippen LogP contribution in [0.5, 0.6) is 0 Å². The molecule has 1 heterocycles. The number of nitrogens with one attached hydrogen (secondary N) is 1. The van der Waals surface area contributed by atoms with Crippen molar-refractivity contribution < 1.29 is 19.4 Å². The second kappa shape index (κ2) is 16.2. The average molecular weight is 523 g/mol. The van der Waals surface area contributed by atoms with Crippen LogP contribution in [0, 0.1) is 17.3 Å². The van der Waals surface area contributed by atoms with Crippen molar-refractivity contribution in [2.75, 3.05) is 27.3 Å². The Labute approximate surface area is 226 Å². The summed E-state index contributed by atoms with van der Waals surface area (Å²) in [4.78, 5) is 16.2. The monoisotopic (exact) mass is 522 g/mol. The summed E-state index contributed by atoms with van der Waals surface area (Å²) in [6.07, 6.45) is 7.57. The van der Waals surface area contributed by atoms with E-state index in [-0.39, 0.29) is 35.5 Å². The lowest BCUT2D eigenvalue weighted by atomic mass is 9.83. The third kappa shape index (κ3) is 12.1. The number of methoxy groups -OCH3 is 1. The number of carbonyl (C=O) groups is 1. The highest BCUT2D eigenvalue weighted by atomic mass is 16.5. The number of hydrazone groups is 1. The Balaban J connectivity index is 0.000000371. The molecule has 1 saturated heterocycles. The van der Waals surface area contributed by atoms with Crippen molar-refractivity contribution in [3.8, 4) is 0 Å². The predicted molar refractivity (Wildman–Crippen MR) is 153 cm³/mol. The largest absolute Gasteiger partial charge is 0.393 e. The Morgan fingerprint density at radius 1 is 1.30 bits per heavy atom. The topological polar surface area (TPSA) is 95.8 Å². The number of hydrogen-bond acceptors (Lipinski definition) is 7. The number of carbonyl (C=O) groups excluding carboxylic acids is 1. The first kappa shape index (κ1) is 33.3. The minimum atomic E-state index is -0.399. The van der Waals surface area contributed by atoms with Gasteiger partial charge < -0.3 is 19.9 Å². The van der Waals surface area contributed by atoms with Gasteiger partial charge in [-0.3, -0.25) is 14.8 Å². The Kier molecular flexibility index (Phi) is 14.6. The SMILES string of the molecule is C=NN(/C=C(\C)C1CC1)[C@H](C(C)=NC)C(C)(C)C.CC[C@H](O)C[C@H](C)C(=O)NC[C@@H]1C[C@H](OC)CCO1. The zero-order chi connectivity index (χ0) is 28.2. The highest BCUT2D eigenvalue weighted by Gasteiger charge is 2.32. The molecule has 1 saturated carbocycles. The number of aliphatic hydroxyl groups is 1. The van der Waals surface area contributed by atoms with Gasteiger partial charge in [-0.15, -0.1) is 0 Å². The Morgan fingerprint density at radius 3 is 2.43 bits per heavy atom. The van der Waals surface area contributed by atoms with Gasteiger partial charge in [0, 0.05) is 58.3 Å². The standard InChI is InChI=1S/C15H27N3.C14H27NO4/c1-11(13-8-9-13)10-18(17-7)14(12(2)16-6)15(3,4)5;1-4-11(16)7-10(2)14(17)15-9-13-8-12(18-3)5-6-19-13/h10,13-14H,7-9H2,1-6H3;10-13,16H,4-9H2,1-3H3,(H,15,17)/b11-10+,16-12?;/t14-;10-,11-,12+,13-/m10/s1. The lowest BCUT2D eigenvalue weighted by Crippen LogP contribution is -2.43. The molecule has 8 heteroatoms. The van der Waals surface area contributed by atoms with Gasteiger partial charge >= 0.3 is 0 Å². The summed E-state index contributed by atoms with van der Waals surface area (Å²) >= 11 is 0. The number of ether oxygens (including phenoxy) is 2. The summed E-state index contributed by atoms with van der Waals surface area (Å²) in [6, 6.07) is 0.161. The van der Waals surface area contributed by atoms with Gasteiger partial charge in [0.2, 0.25) is 5.91 Å². The second-order valence-electron chi connectivity index (χ2n) is 11.6. The Hall–Kier alpha value is -1.77. The molecule has 37 heavy (non-hydrogen) atoms. The zero-order valence-electron chi connectivity index (χ0n) is 24.9. The molecule has 0 aromatic heterocycles. The first-order chi connectivity index (χ1) is 17.4. The van der Waals surface area contributed by atoms with Gasteiger partial charge in [0.15, 0.2) is 0 Å². The molecule has 0 aromatic rings. The van der Waals surface area contributed by atoms with Crippen molar-refractivity contribution in [1.29, 1.82) is 0 Å². The fourth-order valence-corrected chi connectivity index (χ4v) is 4.66. The normalized spacial score (nSPS) is 23.3. The highest BCUT2D eigenvalue weighted by Crippen LogP contribution is 2.37. The van der Waals surface area contributed by atoms with Crippen LogP contribution in [0.1, 0.15) is 87.0 Å². The molecule has 1 aliphatic carbocycles. The van der Waals surface area contributed by atoms with Crippen LogP contribution >= 0.6 is 0 Å². The third-order valence-corrected chi connectivity index (χ3v) is 7.25. The van der Waals surface area contributed by atoms with Gasteiger partial charge in [0.05, 0.1) is 24.4 Å². The van der Waals surface area contributed by atoms with E-state index in [0.29, 0.717) is 26.0 Å². The summed E-state index contributed by atoms with van der Waals surface area (Å²) in [5.74, 6) is 0.571. The molecule has 1 amide bonds. The van der Waals surface area contributed by atoms with Gasteiger partial charge in [-0.2, -0.15) is 5.10 Å². The molecule has 0 aromatic carbocycles. The fourth-order valence-electron chi connectivity index (χ4n) is 4.66. The van der Waals surface area contributed by atoms with E-state index in [2.05, 4.69) is 62.9 Å². The number of amides is 1. The molecule has 214 valence electrons. The van der Waals surface area contributed by atoms with Crippen LogP contribution in [0.3, 0.4) is 0 Å². The zero-order valence-corrected chi connectivity index (χ0v) is 24.9. The van der Waals surface area contributed by atoms with E-state index in [9.17, 15) is 9.90 Å². The van der Waals surface area contributed by atoms with Crippen LogP contribution < -0.4 is 5.32 Å². The molecule has 1 aliphatic heterocycles. The second-order valence-corrected chi connectivity index (χ2v) is 11.6. The Morgan fingerprint density at radius 2 is 1.95 bits per heavy atom. The molecular weight excluding hydrogens is 468 g/mol. The molecule has 0 bridgehead atoms. The van der Waals surface area contributed by atoms with E-state index in [1.807, 2.05) is 25.9 Å². The smallest absolute Gasteiger partial charge is 0.223 e. The van der Waals surface area contributed by atoms with Crippen molar-refractivity contribution in [3.63, 3.8) is 0 Å². The molecule has 2 N–H and O–H groups in total. The van der Waals surface area contributed by atoms with Gasteiger partial charge in [-0.1, -0.05) is 40.2 Å². The molecule has 0 radical (unpaired) electrons. The predicted octanol–water partition coefficient (Wildman–Crippen LogP) is 4.82. The van der Waals surface area contributed by atoms with Gasteiger partial charge in [0.25, 0.3) is 0 Å². The summed E-state index contributed by atoms with van der Waals surface area (Å²) in [5.41, 5.74) is 2.57. The van der Waals surface area contributed by atoms with Gasteiger partial charge in [-0.25, -0.2) is 0 Å². The van der Waals surface area contributed by atoms with Crippen molar-refractivity contribution in [2.24, 2.45) is 27.3 Å². The minimum Gasteiger partial charge on any atom is -0.393 e. The van der Waals surface area contributed by atoms with E-state index in [0.717, 1.165) is 24.5 Å². The van der Waals surface area contributed by atoms with Crippen LogP contribution in [0.4, 0.5) is 0 Å². The number of aliphatic imine (C=N–C) groups is 1.